The van der Waals surface area contributed by atoms with Crippen LogP contribution in [0.4, 0.5) is 5.69 Å². The Labute approximate surface area is 187 Å². The number of benzene rings is 2. The molecule has 1 saturated heterocycles. The Morgan fingerprint density at radius 2 is 2.07 bits per heavy atom. The fourth-order valence-electron chi connectivity index (χ4n) is 2.60. The number of hydrogen-bond donors (Lipinski definition) is 1. The molecule has 0 spiro atoms. The number of aliphatic imine (C=N–C) groups is 1. The number of halogens is 1. The molecule has 30 heavy (non-hydrogen) atoms. The van der Waals surface area contributed by atoms with Crippen molar-refractivity contribution in [2.75, 3.05) is 13.7 Å². The molecule has 1 amide bonds. The first kappa shape index (κ1) is 22.1. The SMILES string of the molecule is CC(C)COc1ccc(/C=C2/SC(=Nc3cccc(C(=O)O)c3)N(C)C2=O)cc1Br. The lowest BCUT2D eigenvalue weighted by Crippen LogP contribution is -2.23. The van der Waals surface area contributed by atoms with E-state index in [4.69, 9.17) is 9.84 Å². The number of carboxylic acids is 1. The van der Waals surface area contributed by atoms with E-state index in [0.717, 1.165) is 15.8 Å². The second-order valence-corrected chi connectivity index (χ2v) is 8.98. The highest BCUT2D eigenvalue weighted by Crippen LogP contribution is 2.34. The van der Waals surface area contributed by atoms with Crippen LogP contribution in [0, 0.1) is 5.92 Å². The standard InChI is InChI=1S/C22H21BrN2O4S/c1-13(2)12-29-18-8-7-14(9-17(18)23)10-19-20(26)25(3)22(30-19)24-16-6-4-5-15(11-16)21(27)28/h4-11,13H,12H2,1-3H3,(H,27,28)/b19-10+,24-22?. The maximum absolute atomic E-state index is 12.6. The Balaban J connectivity index is 1.82. The fraction of sp³-hybridized carbons (Fsp3) is 0.227. The molecule has 1 N–H and O–H groups in total. The molecule has 0 unspecified atom stereocenters. The third-order valence-corrected chi connectivity index (χ3v) is 5.83. The van der Waals surface area contributed by atoms with Crippen LogP contribution in [0.15, 0.2) is 56.8 Å². The van der Waals surface area contributed by atoms with E-state index < -0.39 is 5.97 Å². The summed E-state index contributed by atoms with van der Waals surface area (Å²) in [7, 11) is 1.65. The molecule has 1 heterocycles. The monoisotopic (exact) mass is 488 g/mol. The van der Waals surface area contributed by atoms with Crippen molar-refractivity contribution in [1.29, 1.82) is 0 Å². The molecule has 0 radical (unpaired) electrons. The van der Waals surface area contributed by atoms with Gasteiger partial charge in [0.1, 0.15) is 5.75 Å². The second kappa shape index (κ2) is 9.49. The summed E-state index contributed by atoms with van der Waals surface area (Å²) in [5, 5.41) is 9.62. The molecule has 0 aromatic heterocycles. The van der Waals surface area contributed by atoms with Gasteiger partial charge in [-0.25, -0.2) is 9.79 Å². The third-order valence-electron chi connectivity index (χ3n) is 4.15. The van der Waals surface area contributed by atoms with Crippen molar-refractivity contribution in [3.05, 3.63) is 63.0 Å². The van der Waals surface area contributed by atoms with Gasteiger partial charge in [0.25, 0.3) is 5.91 Å². The number of likely N-dealkylation sites (N-methyl/N-ethyl adjacent to an activating group) is 1. The van der Waals surface area contributed by atoms with Crippen LogP contribution in [-0.4, -0.2) is 40.7 Å². The van der Waals surface area contributed by atoms with Crippen molar-refractivity contribution in [2.24, 2.45) is 10.9 Å². The molecule has 3 rings (SSSR count). The van der Waals surface area contributed by atoms with Gasteiger partial charge in [-0.2, -0.15) is 0 Å². The van der Waals surface area contributed by atoms with E-state index in [2.05, 4.69) is 34.8 Å². The minimum atomic E-state index is -1.02. The van der Waals surface area contributed by atoms with E-state index in [1.54, 1.807) is 25.3 Å². The van der Waals surface area contributed by atoms with Crippen LogP contribution in [0.5, 0.6) is 5.75 Å². The zero-order chi connectivity index (χ0) is 21.8. The molecule has 8 heteroatoms. The fourth-order valence-corrected chi connectivity index (χ4v) is 4.10. The number of amides is 1. The third kappa shape index (κ3) is 5.31. The Bertz CT molecular complexity index is 1050. The van der Waals surface area contributed by atoms with Gasteiger partial charge in [-0.3, -0.25) is 9.69 Å². The molecule has 156 valence electrons. The number of carbonyl (C=O) groups is 2. The van der Waals surface area contributed by atoms with Crippen molar-refractivity contribution in [1.82, 2.24) is 4.90 Å². The Kier molecular flexibility index (Phi) is 6.99. The molecule has 0 bridgehead atoms. The summed E-state index contributed by atoms with van der Waals surface area (Å²) < 4.78 is 6.58. The summed E-state index contributed by atoms with van der Waals surface area (Å²) in [5.74, 6) is 0.00140. The van der Waals surface area contributed by atoms with Gasteiger partial charge in [0.2, 0.25) is 0 Å². The summed E-state index contributed by atoms with van der Waals surface area (Å²) in [5.41, 5.74) is 1.49. The van der Waals surface area contributed by atoms with E-state index >= 15 is 0 Å². The van der Waals surface area contributed by atoms with Crippen LogP contribution in [-0.2, 0) is 4.79 Å². The van der Waals surface area contributed by atoms with E-state index in [9.17, 15) is 9.59 Å². The van der Waals surface area contributed by atoms with Gasteiger partial charge in [-0.1, -0.05) is 26.0 Å². The lowest BCUT2D eigenvalue weighted by Gasteiger charge is -2.10. The van der Waals surface area contributed by atoms with Crippen molar-refractivity contribution in [3.8, 4) is 5.75 Å². The number of nitrogens with zero attached hydrogens (tertiary/aromatic N) is 2. The smallest absolute Gasteiger partial charge is 0.335 e. The van der Waals surface area contributed by atoms with Crippen molar-refractivity contribution in [2.45, 2.75) is 13.8 Å². The molecular formula is C22H21BrN2O4S. The molecule has 1 fully saturated rings. The molecule has 0 atom stereocenters. The molecule has 0 saturated carbocycles. The Hall–Kier alpha value is -2.58. The summed E-state index contributed by atoms with van der Waals surface area (Å²) in [4.78, 5) is 30.2. The van der Waals surface area contributed by atoms with Crippen molar-refractivity contribution in [3.63, 3.8) is 0 Å². The Morgan fingerprint density at radius 3 is 2.73 bits per heavy atom. The van der Waals surface area contributed by atoms with Gasteiger partial charge in [-0.05, 0) is 75.6 Å². The van der Waals surface area contributed by atoms with Crippen LogP contribution >= 0.6 is 27.7 Å². The van der Waals surface area contributed by atoms with Crippen LogP contribution in [0.3, 0.4) is 0 Å². The minimum absolute atomic E-state index is 0.147. The number of aromatic carboxylic acids is 1. The number of thioether (sulfide) groups is 1. The lowest BCUT2D eigenvalue weighted by molar-refractivity contribution is -0.121. The average Bonchev–Trinajstić information content (AvgIpc) is 2.95. The van der Waals surface area contributed by atoms with E-state index in [-0.39, 0.29) is 11.5 Å². The number of rotatable bonds is 6. The quantitative estimate of drug-likeness (QED) is 0.549. The first-order valence-corrected chi connectivity index (χ1v) is 10.9. The molecule has 6 nitrogen and oxygen atoms in total. The zero-order valence-electron chi connectivity index (χ0n) is 16.8. The molecule has 1 aliphatic rings. The maximum atomic E-state index is 12.6. The topological polar surface area (TPSA) is 79.2 Å². The van der Waals surface area contributed by atoms with E-state index in [0.29, 0.717) is 28.3 Å². The van der Waals surface area contributed by atoms with Crippen LogP contribution in [0.2, 0.25) is 0 Å². The van der Waals surface area contributed by atoms with Gasteiger partial charge < -0.3 is 9.84 Å². The van der Waals surface area contributed by atoms with Gasteiger partial charge in [-0.15, -0.1) is 0 Å². The average molecular weight is 489 g/mol. The molecular weight excluding hydrogens is 468 g/mol. The number of carbonyl (C=O) groups excluding carboxylic acids is 1. The lowest BCUT2D eigenvalue weighted by atomic mass is 10.2. The summed E-state index contributed by atoms with van der Waals surface area (Å²) in [6, 6.07) is 12.0. The van der Waals surface area contributed by atoms with Crippen LogP contribution in [0.1, 0.15) is 29.8 Å². The van der Waals surface area contributed by atoms with Crippen molar-refractivity contribution >= 4 is 56.5 Å². The molecule has 2 aromatic rings. The molecule has 2 aromatic carbocycles. The summed E-state index contributed by atoms with van der Waals surface area (Å²) in [6.45, 7) is 4.80. The normalized spacial score (nSPS) is 16.7. The van der Waals surface area contributed by atoms with Crippen molar-refractivity contribution < 1.29 is 19.4 Å². The zero-order valence-corrected chi connectivity index (χ0v) is 19.2. The van der Waals surface area contributed by atoms with E-state index in [1.807, 2.05) is 18.2 Å². The maximum Gasteiger partial charge on any atom is 0.335 e. The van der Waals surface area contributed by atoms with E-state index in [1.165, 1.54) is 28.8 Å². The minimum Gasteiger partial charge on any atom is -0.492 e. The predicted octanol–water partition coefficient (Wildman–Crippen LogP) is 5.42. The predicted molar refractivity (Wildman–Crippen MR) is 123 cm³/mol. The van der Waals surface area contributed by atoms with Gasteiger partial charge in [0.05, 0.1) is 27.2 Å². The number of carboxylic acid groups (broad SMARTS) is 1. The number of ether oxygens (including phenoxy) is 1. The highest BCUT2D eigenvalue weighted by Gasteiger charge is 2.30. The van der Waals surface area contributed by atoms with Gasteiger partial charge in [0, 0.05) is 7.05 Å². The summed E-state index contributed by atoms with van der Waals surface area (Å²) in [6.07, 6.45) is 1.80. The number of amidine groups is 1. The second-order valence-electron chi connectivity index (χ2n) is 7.12. The molecule has 0 aliphatic carbocycles. The Morgan fingerprint density at radius 1 is 1.30 bits per heavy atom. The first-order valence-electron chi connectivity index (χ1n) is 9.26. The number of hydrogen-bond acceptors (Lipinski definition) is 5. The van der Waals surface area contributed by atoms with Gasteiger partial charge in [0.15, 0.2) is 5.17 Å². The van der Waals surface area contributed by atoms with Gasteiger partial charge >= 0.3 is 5.97 Å². The summed E-state index contributed by atoms with van der Waals surface area (Å²) >= 11 is 4.77. The van der Waals surface area contributed by atoms with Crippen LogP contribution in [0.25, 0.3) is 6.08 Å². The first-order chi connectivity index (χ1) is 14.2. The highest BCUT2D eigenvalue weighted by atomic mass is 79.9. The largest absolute Gasteiger partial charge is 0.492 e. The molecule has 1 aliphatic heterocycles. The highest BCUT2D eigenvalue weighted by molar-refractivity contribution is 9.10. The van der Waals surface area contributed by atoms with Crippen LogP contribution < -0.4 is 4.74 Å².